The molecule has 0 saturated carbocycles. The van der Waals surface area contributed by atoms with E-state index in [-0.39, 0.29) is 17.2 Å². The van der Waals surface area contributed by atoms with Gasteiger partial charge in [0.2, 0.25) is 0 Å². The fraction of sp³-hybridized carbons (Fsp3) is 0.727. The van der Waals surface area contributed by atoms with Crippen molar-refractivity contribution in [2.75, 3.05) is 5.73 Å². The molecule has 2 N–H and O–H groups in total. The minimum atomic E-state index is -0.192. The van der Waals surface area contributed by atoms with Gasteiger partial charge in [-0.05, 0) is 27.7 Å². The summed E-state index contributed by atoms with van der Waals surface area (Å²) in [5, 5.41) is 4.27. The lowest BCUT2D eigenvalue weighted by molar-refractivity contribution is -0.0737. The maximum atomic E-state index is 6.01. The Morgan fingerprint density at radius 1 is 1.47 bits per heavy atom. The van der Waals surface area contributed by atoms with Gasteiger partial charge in [-0.25, -0.2) is 0 Å². The van der Waals surface area contributed by atoms with Crippen LogP contribution in [0.15, 0.2) is 12.4 Å². The van der Waals surface area contributed by atoms with Gasteiger partial charge < -0.3 is 10.5 Å². The van der Waals surface area contributed by atoms with Gasteiger partial charge in [0, 0.05) is 12.6 Å². The van der Waals surface area contributed by atoms with Crippen molar-refractivity contribution in [2.45, 2.75) is 51.4 Å². The molecule has 1 aliphatic rings. The van der Waals surface area contributed by atoms with Crippen molar-refractivity contribution in [2.24, 2.45) is 0 Å². The SMILES string of the molecule is CC1(C)CC(n2cc(N)cn2)C(C)(C)O1. The molecule has 1 aliphatic heterocycles. The predicted octanol–water partition coefficient (Wildman–Crippen LogP) is 1.98. The van der Waals surface area contributed by atoms with E-state index in [2.05, 4.69) is 32.8 Å². The van der Waals surface area contributed by atoms with Crippen LogP contribution in [0, 0.1) is 0 Å². The molecule has 2 heterocycles. The van der Waals surface area contributed by atoms with Gasteiger partial charge >= 0.3 is 0 Å². The molecule has 0 amide bonds. The Morgan fingerprint density at radius 3 is 2.53 bits per heavy atom. The third-order valence-electron chi connectivity index (χ3n) is 2.97. The summed E-state index contributed by atoms with van der Waals surface area (Å²) in [6.07, 6.45) is 4.51. The van der Waals surface area contributed by atoms with Crippen LogP contribution in [0.2, 0.25) is 0 Å². The average Bonchev–Trinajstić information content (AvgIpc) is 2.52. The van der Waals surface area contributed by atoms with E-state index in [1.54, 1.807) is 6.20 Å². The van der Waals surface area contributed by atoms with Gasteiger partial charge in [0.15, 0.2) is 0 Å². The normalized spacial score (nSPS) is 28.1. The van der Waals surface area contributed by atoms with E-state index in [1.807, 2.05) is 10.9 Å². The van der Waals surface area contributed by atoms with Crippen LogP contribution in [0.4, 0.5) is 5.69 Å². The second-order valence-corrected chi connectivity index (χ2v) is 5.44. The fourth-order valence-electron chi connectivity index (χ4n) is 2.47. The van der Waals surface area contributed by atoms with Crippen LogP contribution in [-0.4, -0.2) is 21.0 Å². The summed E-state index contributed by atoms with van der Waals surface area (Å²) in [6, 6.07) is 0.254. The molecule has 4 nitrogen and oxygen atoms in total. The van der Waals surface area contributed by atoms with Crippen LogP contribution in [0.5, 0.6) is 0 Å². The Labute approximate surface area is 90.4 Å². The molecule has 0 bridgehead atoms. The molecular weight excluding hydrogens is 190 g/mol. The zero-order chi connectivity index (χ0) is 11.3. The number of aromatic nitrogens is 2. The summed E-state index contributed by atoms with van der Waals surface area (Å²) in [7, 11) is 0. The van der Waals surface area contributed by atoms with Gasteiger partial charge in [-0.15, -0.1) is 0 Å². The zero-order valence-electron chi connectivity index (χ0n) is 9.82. The molecule has 0 aromatic carbocycles. The van der Waals surface area contributed by atoms with E-state index in [9.17, 15) is 0 Å². The van der Waals surface area contributed by atoms with Crippen molar-refractivity contribution in [1.82, 2.24) is 9.78 Å². The Morgan fingerprint density at radius 2 is 2.13 bits per heavy atom. The van der Waals surface area contributed by atoms with Gasteiger partial charge in [0.25, 0.3) is 0 Å². The molecule has 84 valence electrons. The molecule has 15 heavy (non-hydrogen) atoms. The Hall–Kier alpha value is -1.03. The number of ether oxygens (including phenoxy) is 1. The highest BCUT2D eigenvalue weighted by molar-refractivity contribution is 5.31. The first-order valence-electron chi connectivity index (χ1n) is 5.30. The largest absolute Gasteiger partial charge is 0.396 e. The first-order chi connectivity index (χ1) is 6.80. The predicted molar refractivity (Wildman–Crippen MR) is 59.5 cm³/mol. The Balaban J connectivity index is 2.30. The van der Waals surface area contributed by atoms with Crippen molar-refractivity contribution >= 4 is 5.69 Å². The van der Waals surface area contributed by atoms with Crippen LogP contribution < -0.4 is 5.73 Å². The van der Waals surface area contributed by atoms with Crippen molar-refractivity contribution in [3.8, 4) is 0 Å². The minimum absolute atomic E-state index is 0.0884. The first kappa shape index (κ1) is 10.5. The van der Waals surface area contributed by atoms with E-state index in [4.69, 9.17) is 10.5 Å². The summed E-state index contributed by atoms with van der Waals surface area (Å²) in [4.78, 5) is 0. The molecule has 4 heteroatoms. The second kappa shape index (κ2) is 2.98. The van der Waals surface area contributed by atoms with Crippen LogP contribution in [0.1, 0.15) is 40.2 Å². The fourth-order valence-corrected chi connectivity index (χ4v) is 2.47. The lowest BCUT2D eigenvalue weighted by atomic mass is 9.95. The number of rotatable bonds is 1. The standard InChI is InChI=1S/C11H19N3O/c1-10(2)5-9(11(3,4)15-10)14-7-8(12)6-13-14/h6-7,9H,5,12H2,1-4H3. The molecule has 2 rings (SSSR count). The van der Waals surface area contributed by atoms with Gasteiger partial charge in [0.05, 0.1) is 29.1 Å². The summed E-state index contributed by atoms with van der Waals surface area (Å²) < 4.78 is 7.93. The third-order valence-corrected chi connectivity index (χ3v) is 2.97. The van der Waals surface area contributed by atoms with Crippen LogP contribution in [0.3, 0.4) is 0 Å². The molecule has 1 unspecified atom stereocenters. The Kier molecular flexibility index (Phi) is 2.08. The summed E-state index contributed by atoms with van der Waals surface area (Å²) in [5.74, 6) is 0. The number of nitrogens with two attached hydrogens (primary N) is 1. The lowest BCUT2D eigenvalue weighted by Crippen LogP contribution is -2.31. The summed E-state index contributed by atoms with van der Waals surface area (Å²) >= 11 is 0. The first-order valence-corrected chi connectivity index (χ1v) is 5.30. The van der Waals surface area contributed by atoms with E-state index in [1.165, 1.54) is 0 Å². The van der Waals surface area contributed by atoms with E-state index in [0.29, 0.717) is 5.69 Å². The number of anilines is 1. The number of nitrogens with zero attached hydrogens (tertiary/aromatic N) is 2. The molecule has 0 radical (unpaired) electrons. The van der Waals surface area contributed by atoms with Crippen molar-refractivity contribution in [1.29, 1.82) is 0 Å². The highest BCUT2D eigenvalue weighted by Crippen LogP contribution is 2.44. The van der Waals surface area contributed by atoms with E-state index < -0.39 is 0 Å². The van der Waals surface area contributed by atoms with E-state index >= 15 is 0 Å². The molecule has 0 aliphatic carbocycles. The van der Waals surface area contributed by atoms with Crippen LogP contribution in [-0.2, 0) is 4.74 Å². The lowest BCUT2D eigenvalue weighted by Gasteiger charge is -2.27. The molecule has 1 aromatic rings. The van der Waals surface area contributed by atoms with Gasteiger partial charge in [-0.2, -0.15) is 5.10 Å². The topological polar surface area (TPSA) is 53.1 Å². The number of hydrogen-bond acceptors (Lipinski definition) is 3. The van der Waals surface area contributed by atoms with Crippen molar-refractivity contribution in [3.63, 3.8) is 0 Å². The van der Waals surface area contributed by atoms with Crippen molar-refractivity contribution in [3.05, 3.63) is 12.4 Å². The summed E-state index contributed by atoms with van der Waals surface area (Å²) in [6.45, 7) is 8.43. The quantitative estimate of drug-likeness (QED) is 0.769. The van der Waals surface area contributed by atoms with E-state index in [0.717, 1.165) is 6.42 Å². The highest BCUT2D eigenvalue weighted by Gasteiger charge is 2.47. The smallest absolute Gasteiger partial charge is 0.0858 e. The van der Waals surface area contributed by atoms with Gasteiger partial charge in [0.1, 0.15) is 0 Å². The average molecular weight is 209 g/mol. The Bertz CT molecular complexity index is 368. The number of nitrogen functional groups attached to an aromatic ring is 1. The van der Waals surface area contributed by atoms with Gasteiger partial charge in [-0.1, -0.05) is 0 Å². The third kappa shape index (κ3) is 1.86. The van der Waals surface area contributed by atoms with Crippen LogP contribution >= 0.6 is 0 Å². The summed E-state index contributed by atoms with van der Waals surface area (Å²) in [5.41, 5.74) is 6.10. The molecule has 1 aromatic heterocycles. The maximum Gasteiger partial charge on any atom is 0.0858 e. The zero-order valence-corrected chi connectivity index (χ0v) is 9.82. The van der Waals surface area contributed by atoms with Gasteiger partial charge in [-0.3, -0.25) is 4.68 Å². The second-order valence-electron chi connectivity index (χ2n) is 5.44. The molecule has 1 saturated heterocycles. The molecule has 1 atom stereocenters. The molecular formula is C11H19N3O. The van der Waals surface area contributed by atoms with Crippen molar-refractivity contribution < 1.29 is 4.74 Å². The number of hydrogen-bond donors (Lipinski definition) is 1. The molecule has 0 spiro atoms. The van der Waals surface area contributed by atoms with Crippen LogP contribution in [0.25, 0.3) is 0 Å². The molecule has 1 fully saturated rings. The maximum absolute atomic E-state index is 6.01. The highest BCUT2D eigenvalue weighted by atomic mass is 16.5. The minimum Gasteiger partial charge on any atom is -0.396 e. The monoisotopic (exact) mass is 209 g/mol.